The third-order valence-electron chi connectivity index (χ3n) is 3.77. The molecule has 0 heterocycles. The van der Waals surface area contributed by atoms with Crippen LogP contribution in [0.5, 0.6) is 0 Å². The molecule has 0 aliphatic carbocycles. The summed E-state index contributed by atoms with van der Waals surface area (Å²) in [5.74, 6) is 0. The normalized spacial score (nSPS) is 12.9. The quantitative estimate of drug-likeness (QED) is 0.436. The Bertz CT molecular complexity index is 666. The van der Waals surface area contributed by atoms with Crippen molar-refractivity contribution >= 4 is 22.8 Å². The summed E-state index contributed by atoms with van der Waals surface area (Å²) >= 11 is 1.03. The zero-order valence-electron chi connectivity index (χ0n) is 14.1. The molecule has 2 aromatic carbocycles. The Morgan fingerprint density at radius 1 is 0.864 bits per heavy atom. The van der Waals surface area contributed by atoms with Crippen molar-refractivity contribution in [2.75, 3.05) is 0 Å². The summed E-state index contributed by atoms with van der Waals surface area (Å²) < 4.78 is 4.69. The van der Waals surface area contributed by atoms with E-state index in [0.29, 0.717) is 0 Å². The molecular weight excluding hydrogens is 296 g/mol. The van der Waals surface area contributed by atoms with Crippen LogP contribution in [-0.2, 0) is 20.2 Å². The summed E-state index contributed by atoms with van der Waals surface area (Å²) in [6, 6.07) is 10.6. The van der Waals surface area contributed by atoms with Gasteiger partial charge in [-0.1, -0.05) is 70.8 Å². The smallest absolute Gasteiger partial charge is 0.0721 e. The van der Waals surface area contributed by atoms with E-state index in [1.807, 2.05) is 12.1 Å². The third-order valence-corrected chi connectivity index (χ3v) is 4.42. The minimum Gasteiger partial charge on any atom is -0.220 e. The standard InChI is InChI=1S/C18H24O3S/c1-17(2,3)13-10-11-14(18(4,5)6)16-12(13)8-7-9-15(16)22-21-20-19/h7-11,19H,1-6H3. The lowest BCUT2D eigenvalue weighted by Crippen LogP contribution is -2.16. The van der Waals surface area contributed by atoms with Crippen LogP contribution in [0.4, 0.5) is 0 Å². The summed E-state index contributed by atoms with van der Waals surface area (Å²) in [5.41, 5.74) is 2.60. The predicted molar refractivity (Wildman–Crippen MR) is 92.0 cm³/mol. The van der Waals surface area contributed by atoms with Crippen LogP contribution >= 0.6 is 12.0 Å². The van der Waals surface area contributed by atoms with Crippen molar-refractivity contribution in [2.24, 2.45) is 0 Å². The second-order valence-electron chi connectivity index (χ2n) is 7.57. The van der Waals surface area contributed by atoms with Crippen molar-refractivity contribution < 1.29 is 14.6 Å². The Morgan fingerprint density at radius 2 is 1.45 bits per heavy atom. The van der Waals surface area contributed by atoms with Crippen molar-refractivity contribution in [2.45, 2.75) is 57.3 Å². The monoisotopic (exact) mass is 320 g/mol. The summed E-state index contributed by atoms with van der Waals surface area (Å²) in [7, 11) is 0. The summed E-state index contributed by atoms with van der Waals surface area (Å²) in [5, 5.41) is 14.6. The fraction of sp³-hybridized carbons (Fsp3) is 0.444. The van der Waals surface area contributed by atoms with Crippen LogP contribution in [0.15, 0.2) is 35.2 Å². The van der Waals surface area contributed by atoms with E-state index in [-0.39, 0.29) is 10.8 Å². The summed E-state index contributed by atoms with van der Waals surface area (Å²) in [6.07, 6.45) is 0. The highest BCUT2D eigenvalue weighted by molar-refractivity contribution is 7.94. The lowest BCUT2D eigenvalue weighted by atomic mass is 9.78. The zero-order valence-corrected chi connectivity index (χ0v) is 14.9. The molecular formula is C18H24O3S. The molecule has 0 fully saturated rings. The van der Waals surface area contributed by atoms with Crippen molar-refractivity contribution in [1.82, 2.24) is 0 Å². The van der Waals surface area contributed by atoms with Gasteiger partial charge in [-0.05, 0) is 33.4 Å². The van der Waals surface area contributed by atoms with Gasteiger partial charge in [-0.25, -0.2) is 5.26 Å². The molecule has 0 amide bonds. The molecule has 0 aliphatic rings. The van der Waals surface area contributed by atoms with Crippen LogP contribution in [0.3, 0.4) is 0 Å². The maximum atomic E-state index is 8.47. The van der Waals surface area contributed by atoms with E-state index in [0.717, 1.165) is 22.3 Å². The molecule has 0 unspecified atom stereocenters. The molecule has 0 spiro atoms. The van der Waals surface area contributed by atoms with Gasteiger partial charge in [0.2, 0.25) is 0 Å². The number of hydrogen-bond donors (Lipinski definition) is 1. The Morgan fingerprint density at radius 3 is 2.00 bits per heavy atom. The molecule has 0 saturated carbocycles. The van der Waals surface area contributed by atoms with E-state index in [9.17, 15) is 0 Å². The Labute approximate surface area is 136 Å². The average molecular weight is 320 g/mol. The van der Waals surface area contributed by atoms with E-state index in [1.165, 1.54) is 16.5 Å². The van der Waals surface area contributed by atoms with Gasteiger partial charge in [0.1, 0.15) is 0 Å². The van der Waals surface area contributed by atoms with Crippen LogP contribution in [0, 0.1) is 0 Å². The SMILES string of the molecule is CC(C)(C)c1ccc(C(C)(C)C)c2c(SOOO)cccc12. The van der Waals surface area contributed by atoms with Gasteiger partial charge in [-0.15, -0.1) is 4.33 Å². The van der Waals surface area contributed by atoms with Crippen LogP contribution < -0.4 is 0 Å². The molecule has 22 heavy (non-hydrogen) atoms. The predicted octanol–water partition coefficient (Wildman–Crippen LogP) is 5.86. The number of benzene rings is 2. The topological polar surface area (TPSA) is 38.7 Å². The largest absolute Gasteiger partial charge is 0.220 e. The fourth-order valence-corrected chi connectivity index (χ4v) is 3.31. The molecule has 1 N–H and O–H groups in total. The number of hydrogen-bond acceptors (Lipinski definition) is 4. The van der Waals surface area contributed by atoms with Crippen LogP contribution in [0.1, 0.15) is 52.7 Å². The molecule has 0 bridgehead atoms. The van der Waals surface area contributed by atoms with Crippen molar-refractivity contribution in [1.29, 1.82) is 0 Å². The number of fused-ring (bicyclic) bond motifs is 1. The van der Waals surface area contributed by atoms with E-state index >= 15 is 0 Å². The molecule has 2 rings (SSSR count). The van der Waals surface area contributed by atoms with Gasteiger partial charge in [0.05, 0.1) is 12.0 Å². The maximum Gasteiger partial charge on any atom is 0.0721 e. The molecule has 0 aliphatic heterocycles. The van der Waals surface area contributed by atoms with Gasteiger partial charge in [-0.2, -0.15) is 0 Å². The summed E-state index contributed by atoms with van der Waals surface area (Å²) in [4.78, 5) is 0.933. The first kappa shape index (κ1) is 17.3. The molecule has 4 heteroatoms. The Balaban J connectivity index is 2.82. The molecule has 2 aromatic rings. The Hall–Kier alpha value is -1.07. The molecule has 0 atom stereocenters. The molecule has 0 radical (unpaired) electrons. The lowest BCUT2D eigenvalue weighted by Gasteiger charge is -2.27. The minimum atomic E-state index is 0.00536. The van der Waals surface area contributed by atoms with Crippen molar-refractivity contribution in [3.05, 3.63) is 41.5 Å². The van der Waals surface area contributed by atoms with E-state index in [2.05, 4.69) is 64.8 Å². The van der Waals surface area contributed by atoms with Gasteiger partial charge in [0, 0.05) is 10.3 Å². The van der Waals surface area contributed by atoms with E-state index in [4.69, 9.17) is 9.59 Å². The van der Waals surface area contributed by atoms with Gasteiger partial charge < -0.3 is 0 Å². The fourth-order valence-electron chi connectivity index (χ4n) is 2.77. The van der Waals surface area contributed by atoms with Gasteiger partial charge in [0.25, 0.3) is 0 Å². The van der Waals surface area contributed by atoms with Crippen LogP contribution in [-0.4, -0.2) is 5.26 Å². The van der Waals surface area contributed by atoms with Crippen LogP contribution in [0.25, 0.3) is 10.8 Å². The highest BCUT2D eigenvalue weighted by Gasteiger charge is 2.24. The van der Waals surface area contributed by atoms with Crippen molar-refractivity contribution in [3.8, 4) is 0 Å². The summed E-state index contributed by atoms with van der Waals surface area (Å²) in [6.45, 7) is 13.2. The molecule has 0 saturated heterocycles. The zero-order chi connectivity index (χ0) is 16.5. The van der Waals surface area contributed by atoms with Crippen LogP contribution in [0.2, 0.25) is 0 Å². The maximum absolute atomic E-state index is 8.47. The first-order valence-electron chi connectivity index (χ1n) is 7.37. The third kappa shape index (κ3) is 3.46. The van der Waals surface area contributed by atoms with E-state index in [1.54, 1.807) is 0 Å². The molecule has 120 valence electrons. The van der Waals surface area contributed by atoms with Gasteiger partial charge in [0.15, 0.2) is 0 Å². The lowest BCUT2D eigenvalue weighted by molar-refractivity contribution is -0.432. The Kier molecular flexibility index (Phi) is 4.87. The number of rotatable bonds is 3. The van der Waals surface area contributed by atoms with Gasteiger partial charge >= 0.3 is 0 Å². The van der Waals surface area contributed by atoms with Gasteiger partial charge in [-0.3, -0.25) is 0 Å². The highest BCUT2D eigenvalue weighted by Crippen LogP contribution is 2.41. The minimum absolute atomic E-state index is 0.00536. The second-order valence-corrected chi connectivity index (χ2v) is 8.31. The highest BCUT2D eigenvalue weighted by atomic mass is 32.2. The second kappa shape index (κ2) is 6.20. The first-order chi connectivity index (χ1) is 10.2. The first-order valence-corrected chi connectivity index (χ1v) is 8.12. The van der Waals surface area contributed by atoms with E-state index < -0.39 is 0 Å². The van der Waals surface area contributed by atoms with Crippen molar-refractivity contribution in [3.63, 3.8) is 0 Å². The molecule has 0 aromatic heterocycles. The molecule has 3 nitrogen and oxygen atoms in total. The average Bonchev–Trinajstić information content (AvgIpc) is 2.41.